The Bertz CT molecular complexity index is 149. The van der Waals surface area contributed by atoms with Crippen LogP contribution in [0.2, 0.25) is 0 Å². The maximum atomic E-state index is 2.25. The lowest BCUT2D eigenvalue weighted by Gasteiger charge is -1.84. The molecule has 0 heterocycles. The molecule has 0 N–H and O–H groups in total. The summed E-state index contributed by atoms with van der Waals surface area (Å²) in [6.45, 7) is 4.25. The first-order valence-electron chi connectivity index (χ1n) is 4.83. The summed E-state index contributed by atoms with van der Waals surface area (Å²) in [6.07, 6.45) is 17.7. The molecule has 0 bridgehead atoms. The van der Waals surface area contributed by atoms with Crippen LogP contribution in [0, 0.1) is 0 Å². The van der Waals surface area contributed by atoms with Gasteiger partial charge in [0.05, 0.1) is 0 Å². The van der Waals surface area contributed by atoms with Gasteiger partial charge >= 0.3 is 0 Å². The molecule has 0 fully saturated rings. The van der Waals surface area contributed by atoms with Crippen molar-refractivity contribution in [3.8, 4) is 0 Å². The second kappa shape index (κ2) is 10.2. The van der Waals surface area contributed by atoms with E-state index in [9.17, 15) is 0 Å². The van der Waals surface area contributed by atoms with Gasteiger partial charge in [0, 0.05) is 0 Å². The second-order valence-corrected chi connectivity index (χ2v) is 2.77. The molecule has 12 heavy (non-hydrogen) atoms. The zero-order valence-corrected chi connectivity index (χ0v) is 8.29. The molecule has 0 saturated heterocycles. The fraction of sp³-hybridized carbons (Fsp3) is 0.500. The largest absolute Gasteiger partial charge is 0.0914 e. The standard InChI is InChI=1S/C12H20/c1-3-5-7-9-11-12-10-8-6-4-2/h3,5,8-11H,4,6-7,12H2,1-2H3. The molecule has 0 aliphatic heterocycles. The highest BCUT2D eigenvalue weighted by atomic mass is 13.8. The highest BCUT2D eigenvalue weighted by Crippen LogP contribution is 1.93. The van der Waals surface area contributed by atoms with E-state index >= 15 is 0 Å². The Labute approximate surface area is 76.7 Å². The summed E-state index contributed by atoms with van der Waals surface area (Å²) in [4.78, 5) is 0. The smallest absolute Gasteiger partial charge is 0.0169 e. The summed E-state index contributed by atoms with van der Waals surface area (Å²) < 4.78 is 0. The van der Waals surface area contributed by atoms with Crippen LogP contribution in [0.3, 0.4) is 0 Å². The zero-order valence-electron chi connectivity index (χ0n) is 8.29. The second-order valence-electron chi connectivity index (χ2n) is 2.77. The summed E-state index contributed by atoms with van der Waals surface area (Å²) >= 11 is 0. The van der Waals surface area contributed by atoms with Crippen molar-refractivity contribution < 1.29 is 0 Å². The molecule has 68 valence electrons. The third kappa shape index (κ3) is 9.22. The van der Waals surface area contributed by atoms with E-state index in [4.69, 9.17) is 0 Å². The Hall–Kier alpha value is -0.780. The Morgan fingerprint density at radius 1 is 0.833 bits per heavy atom. The first-order chi connectivity index (χ1) is 5.91. The van der Waals surface area contributed by atoms with Crippen LogP contribution in [-0.2, 0) is 0 Å². The lowest BCUT2D eigenvalue weighted by atomic mass is 10.2. The van der Waals surface area contributed by atoms with E-state index in [-0.39, 0.29) is 0 Å². The molecule has 0 spiro atoms. The van der Waals surface area contributed by atoms with Crippen LogP contribution in [0.5, 0.6) is 0 Å². The number of hydrogen-bond donors (Lipinski definition) is 0. The van der Waals surface area contributed by atoms with Gasteiger partial charge in [-0.2, -0.15) is 0 Å². The van der Waals surface area contributed by atoms with Gasteiger partial charge in [-0.05, 0) is 26.2 Å². The monoisotopic (exact) mass is 164 g/mol. The van der Waals surface area contributed by atoms with Crippen molar-refractivity contribution in [2.75, 3.05) is 0 Å². The van der Waals surface area contributed by atoms with Gasteiger partial charge < -0.3 is 0 Å². The van der Waals surface area contributed by atoms with Gasteiger partial charge in [-0.15, -0.1) is 0 Å². The number of rotatable bonds is 6. The molecule has 0 atom stereocenters. The molecular weight excluding hydrogens is 144 g/mol. The van der Waals surface area contributed by atoms with Gasteiger partial charge in [0.25, 0.3) is 0 Å². The SMILES string of the molecule is CC=CCC=CCC=CCCC. The van der Waals surface area contributed by atoms with Crippen molar-refractivity contribution in [3.63, 3.8) is 0 Å². The minimum atomic E-state index is 1.07. The highest BCUT2D eigenvalue weighted by Gasteiger charge is 1.73. The van der Waals surface area contributed by atoms with Gasteiger partial charge in [-0.1, -0.05) is 49.8 Å². The lowest BCUT2D eigenvalue weighted by molar-refractivity contribution is 0.954. The predicted molar refractivity (Wildman–Crippen MR) is 57.2 cm³/mol. The van der Waals surface area contributed by atoms with Crippen molar-refractivity contribution in [2.45, 2.75) is 39.5 Å². The molecule has 0 unspecified atom stereocenters. The third-order valence-electron chi connectivity index (χ3n) is 1.57. The Balaban J connectivity index is 3.23. The highest BCUT2D eigenvalue weighted by molar-refractivity contribution is 4.96. The normalized spacial score (nSPS) is 12.5. The van der Waals surface area contributed by atoms with Crippen LogP contribution >= 0.6 is 0 Å². The molecule has 0 rings (SSSR count). The first kappa shape index (κ1) is 11.2. The lowest BCUT2D eigenvalue weighted by Crippen LogP contribution is -1.63. The summed E-state index contributed by atoms with van der Waals surface area (Å²) in [5.74, 6) is 0. The van der Waals surface area contributed by atoms with Crippen molar-refractivity contribution in [1.82, 2.24) is 0 Å². The number of unbranched alkanes of at least 4 members (excludes halogenated alkanes) is 1. The summed E-state index contributed by atoms with van der Waals surface area (Å²) in [6, 6.07) is 0. The van der Waals surface area contributed by atoms with Crippen LogP contribution in [0.4, 0.5) is 0 Å². The van der Waals surface area contributed by atoms with Gasteiger partial charge in [0.15, 0.2) is 0 Å². The molecule has 0 aliphatic rings. The van der Waals surface area contributed by atoms with E-state index in [1.54, 1.807) is 0 Å². The topological polar surface area (TPSA) is 0 Å². The summed E-state index contributed by atoms with van der Waals surface area (Å²) in [7, 11) is 0. The molecule has 0 heteroatoms. The molecule has 0 aromatic rings. The Morgan fingerprint density at radius 3 is 2.00 bits per heavy atom. The van der Waals surface area contributed by atoms with Crippen LogP contribution in [0.1, 0.15) is 39.5 Å². The van der Waals surface area contributed by atoms with Crippen LogP contribution in [0.15, 0.2) is 36.5 Å². The number of hydrogen-bond acceptors (Lipinski definition) is 0. The first-order valence-corrected chi connectivity index (χ1v) is 4.83. The van der Waals surface area contributed by atoms with Crippen LogP contribution in [-0.4, -0.2) is 0 Å². The third-order valence-corrected chi connectivity index (χ3v) is 1.57. The minimum absolute atomic E-state index is 1.07. The van der Waals surface area contributed by atoms with Crippen molar-refractivity contribution in [2.24, 2.45) is 0 Å². The van der Waals surface area contributed by atoms with Gasteiger partial charge in [0.2, 0.25) is 0 Å². The minimum Gasteiger partial charge on any atom is -0.0914 e. The van der Waals surface area contributed by atoms with Gasteiger partial charge in [-0.25, -0.2) is 0 Å². The van der Waals surface area contributed by atoms with Gasteiger partial charge in [-0.3, -0.25) is 0 Å². The Morgan fingerprint density at radius 2 is 1.42 bits per heavy atom. The average Bonchev–Trinajstić information content (AvgIpc) is 2.10. The molecule has 0 aromatic carbocycles. The molecular formula is C12H20. The molecule has 0 radical (unpaired) electrons. The average molecular weight is 164 g/mol. The molecule has 0 saturated carbocycles. The van der Waals surface area contributed by atoms with E-state index in [2.05, 4.69) is 50.3 Å². The zero-order chi connectivity index (χ0) is 9.07. The van der Waals surface area contributed by atoms with E-state index in [0.717, 1.165) is 12.8 Å². The quantitative estimate of drug-likeness (QED) is 0.515. The summed E-state index contributed by atoms with van der Waals surface area (Å²) in [5.41, 5.74) is 0. The van der Waals surface area contributed by atoms with E-state index in [1.165, 1.54) is 12.8 Å². The van der Waals surface area contributed by atoms with Crippen molar-refractivity contribution in [1.29, 1.82) is 0 Å². The Kier molecular flexibility index (Phi) is 9.56. The van der Waals surface area contributed by atoms with Crippen molar-refractivity contribution >= 4 is 0 Å². The fourth-order valence-electron chi connectivity index (χ4n) is 0.866. The van der Waals surface area contributed by atoms with Crippen LogP contribution < -0.4 is 0 Å². The van der Waals surface area contributed by atoms with E-state index in [1.807, 2.05) is 0 Å². The van der Waals surface area contributed by atoms with E-state index < -0.39 is 0 Å². The summed E-state index contributed by atoms with van der Waals surface area (Å²) in [5, 5.41) is 0. The number of allylic oxidation sites excluding steroid dienone is 6. The predicted octanol–water partition coefficient (Wildman–Crippen LogP) is 4.26. The molecule has 0 amide bonds. The molecule has 0 aromatic heterocycles. The molecule has 0 aliphatic carbocycles. The fourth-order valence-corrected chi connectivity index (χ4v) is 0.866. The maximum Gasteiger partial charge on any atom is -0.0169 e. The maximum absolute atomic E-state index is 2.25. The van der Waals surface area contributed by atoms with Gasteiger partial charge in [0.1, 0.15) is 0 Å². The van der Waals surface area contributed by atoms with Crippen LogP contribution in [0.25, 0.3) is 0 Å². The van der Waals surface area contributed by atoms with Crippen molar-refractivity contribution in [3.05, 3.63) is 36.5 Å². The molecule has 0 nitrogen and oxygen atoms in total. The van der Waals surface area contributed by atoms with E-state index in [0.29, 0.717) is 0 Å².